The minimum absolute atomic E-state index is 0.0152. The van der Waals surface area contributed by atoms with Gasteiger partial charge in [-0.3, -0.25) is 19.7 Å². The van der Waals surface area contributed by atoms with E-state index in [0.717, 1.165) is 4.90 Å². The maximum absolute atomic E-state index is 12.8. The van der Waals surface area contributed by atoms with Gasteiger partial charge in [-0.2, -0.15) is 0 Å². The summed E-state index contributed by atoms with van der Waals surface area (Å²) in [6.07, 6.45) is -0.109. The van der Waals surface area contributed by atoms with Crippen molar-refractivity contribution in [3.8, 4) is 11.5 Å². The van der Waals surface area contributed by atoms with Gasteiger partial charge in [-0.05, 0) is 68.8 Å². The third-order valence-corrected chi connectivity index (χ3v) is 7.29. The normalized spacial score (nSPS) is 16.2. The van der Waals surface area contributed by atoms with Gasteiger partial charge < -0.3 is 10.1 Å². The van der Waals surface area contributed by atoms with E-state index in [1.54, 1.807) is 24.3 Å². The molecule has 3 rings (SSSR count). The van der Waals surface area contributed by atoms with E-state index in [0.29, 0.717) is 16.5 Å². The summed E-state index contributed by atoms with van der Waals surface area (Å²) in [5.41, 5.74) is -1.13. The standard InChI is InChI=1S/C22H24ClN3O7S/c1-22(2)20(28)25(21(29)24-22)13-16(26(30)14-27)11-12-34(31,32)19-9-7-18(8-10-19)33-17-5-3-15(23)4-6-17/h3-10,14,16,30H,11-13H2,1-2H3,(H,24,29). The van der Waals surface area contributed by atoms with Crippen LogP contribution in [0.15, 0.2) is 53.4 Å². The molecule has 1 aliphatic heterocycles. The highest BCUT2D eigenvalue weighted by Gasteiger charge is 2.45. The first-order valence-electron chi connectivity index (χ1n) is 10.3. The van der Waals surface area contributed by atoms with E-state index in [1.165, 1.54) is 38.1 Å². The Kier molecular flexibility index (Phi) is 7.49. The van der Waals surface area contributed by atoms with Crippen LogP contribution in [0.1, 0.15) is 20.3 Å². The van der Waals surface area contributed by atoms with E-state index in [9.17, 15) is 28.0 Å². The van der Waals surface area contributed by atoms with Gasteiger partial charge in [-0.1, -0.05) is 11.6 Å². The number of ether oxygens (including phenoxy) is 1. The van der Waals surface area contributed by atoms with Gasteiger partial charge in [0.25, 0.3) is 5.91 Å². The summed E-state index contributed by atoms with van der Waals surface area (Å²) in [5.74, 6) is -0.0281. The second-order valence-electron chi connectivity index (χ2n) is 8.25. The van der Waals surface area contributed by atoms with Crippen molar-refractivity contribution in [2.24, 2.45) is 0 Å². The molecule has 0 bridgehead atoms. The lowest BCUT2D eigenvalue weighted by Gasteiger charge is -2.26. The van der Waals surface area contributed by atoms with Crippen LogP contribution in [0.2, 0.25) is 5.02 Å². The quantitative estimate of drug-likeness (QED) is 0.218. The Morgan fingerprint density at radius 1 is 1.12 bits per heavy atom. The highest BCUT2D eigenvalue weighted by Crippen LogP contribution is 2.25. The summed E-state index contributed by atoms with van der Waals surface area (Å²) in [6, 6.07) is 10.6. The van der Waals surface area contributed by atoms with Gasteiger partial charge in [0.05, 0.1) is 23.2 Å². The summed E-state index contributed by atoms with van der Waals surface area (Å²) in [6.45, 7) is 2.68. The van der Waals surface area contributed by atoms with E-state index in [4.69, 9.17) is 16.3 Å². The zero-order valence-electron chi connectivity index (χ0n) is 18.5. The van der Waals surface area contributed by atoms with Gasteiger partial charge in [0.1, 0.15) is 17.0 Å². The Morgan fingerprint density at radius 3 is 2.18 bits per heavy atom. The Hall–Kier alpha value is -3.15. The molecule has 2 N–H and O–H groups in total. The van der Waals surface area contributed by atoms with Crippen molar-refractivity contribution in [1.82, 2.24) is 15.3 Å². The zero-order valence-corrected chi connectivity index (χ0v) is 20.0. The molecular formula is C22H24ClN3O7S. The molecule has 182 valence electrons. The lowest BCUT2D eigenvalue weighted by atomic mass is 10.1. The molecule has 1 saturated heterocycles. The van der Waals surface area contributed by atoms with Crippen molar-refractivity contribution in [3.63, 3.8) is 0 Å². The van der Waals surface area contributed by atoms with E-state index >= 15 is 0 Å². The first-order valence-corrected chi connectivity index (χ1v) is 12.3. The SMILES string of the molecule is CC1(C)NC(=O)N(CC(CCS(=O)(=O)c2ccc(Oc3ccc(Cl)cc3)cc2)N(O)C=O)C1=O. The maximum Gasteiger partial charge on any atom is 0.325 e. The molecule has 0 aliphatic carbocycles. The number of imide groups is 1. The molecule has 2 aromatic carbocycles. The summed E-state index contributed by atoms with van der Waals surface area (Å²) in [5, 5.41) is 13.2. The number of urea groups is 1. The molecule has 0 aromatic heterocycles. The van der Waals surface area contributed by atoms with E-state index in [1.807, 2.05) is 0 Å². The average Bonchev–Trinajstić information content (AvgIpc) is 2.99. The Bertz CT molecular complexity index is 1170. The highest BCUT2D eigenvalue weighted by molar-refractivity contribution is 7.91. The molecule has 4 amide bonds. The van der Waals surface area contributed by atoms with E-state index in [-0.39, 0.29) is 29.3 Å². The second kappa shape index (κ2) is 10.00. The molecule has 0 saturated carbocycles. The summed E-state index contributed by atoms with van der Waals surface area (Å²) in [4.78, 5) is 36.5. The van der Waals surface area contributed by atoms with Crippen LogP contribution < -0.4 is 10.1 Å². The molecule has 1 aliphatic rings. The van der Waals surface area contributed by atoms with Crippen LogP contribution in [0, 0.1) is 0 Å². The van der Waals surface area contributed by atoms with Gasteiger partial charge in [0.15, 0.2) is 9.84 Å². The number of nitrogens with one attached hydrogen (secondary N) is 1. The first kappa shape index (κ1) is 25.5. The van der Waals surface area contributed by atoms with Crippen LogP contribution in [0.3, 0.4) is 0 Å². The second-order valence-corrected chi connectivity index (χ2v) is 10.8. The van der Waals surface area contributed by atoms with Crippen LogP contribution in [0.5, 0.6) is 11.5 Å². The van der Waals surface area contributed by atoms with Gasteiger partial charge in [0.2, 0.25) is 6.41 Å². The lowest BCUT2D eigenvalue weighted by molar-refractivity contribution is -0.162. The highest BCUT2D eigenvalue weighted by atomic mass is 35.5. The number of benzene rings is 2. The van der Waals surface area contributed by atoms with Gasteiger partial charge in [-0.15, -0.1) is 0 Å². The largest absolute Gasteiger partial charge is 0.457 e. The third-order valence-electron chi connectivity index (χ3n) is 5.27. The van der Waals surface area contributed by atoms with Crippen LogP contribution in [-0.4, -0.2) is 65.8 Å². The van der Waals surface area contributed by atoms with E-state index < -0.39 is 39.1 Å². The van der Waals surface area contributed by atoms with Crippen molar-refractivity contribution < 1.29 is 32.7 Å². The molecule has 12 heteroatoms. The van der Waals surface area contributed by atoms with Crippen molar-refractivity contribution in [3.05, 3.63) is 53.6 Å². The number of hydrogen-bond acceptors (Lipinski definition) is 7. The topological polar surface area (TPSA) is 133 Å². The van der Waals surface area contributed by atoms with Gasteiger partial charge >= 0.3 is 6.03 Å². The fraction of sp³-hybridized carbons (Fsp3) is 0.318. The molecule has 2 aromatic rings. The number of carbonyl (C=O) groups is 3. The molecule has 34 heavy (non-hydrogen) atoms. The molecule has 1 unspecified atom stereocenters. The maximum atomic E-state index is 12.8. The number of sulfone groups is 1. The summed E-state index contributed by atoms with van der Waals surface area (Å²) < 4.78 is 31.3. The molecule has 1 heterocycles. The molecule has 1 atom stereocenters. The fourth-order valence-electron chi connectivity index (χ4n) is 3.35. The summed E-state index contributed by atoms with van der Waals surface area (Å²) >= 11 is 5.84. The molecule has 0 spiro atoms. The van der Waals surface area contributed by atoms with Crippen molar-refractivity contribution >= 4 is 39.8 Å². The predicted molar refractivity (Wildman–Crippen MR) is 122 cm³/mol. The van der Waals surface area contributed by atoms with Crippen molar-refractivity contribution in [2.75, 3.05) is 12.3 Å². The number of carbonyl (C=O) groups excluding carboxylic acids is 3. The summed E-state index contributed by atoms with van der Waals surface area (Å²) in [7, 11) is -3.81. The molecule has 0 radical (unpaired) electrons. The average molecular weight is 510 g/mol. The third kappa shape index (κ3) is 5.85. The number of halogens is 1. The van der Waals surface area contributed by atoms with Crippen LogP contribution in [0.25, 0.3) is 0 Å². The van der Waals surface area contributed by atoms with Crippen molar-refractivity contribution in [1.29, 1.82) is 0 Å². The Morgan fingerprint density at radius 2 is 1.68 bits per heavy atom. The molecular weight excluding hydrogens is 486 g/mol. The van der Waals surface area contributed by atoms with Crippen LogP contribution >= 0.6 is 11.6 Å². The predicted octanol–water partition coefficient (Wildman–Crippen LogP) is 2.84. The minimum Gasteiger partial charge on any atom is -0.457 e. The lowest BCUT2D eigenvalue weighted by Crippen LogP contribution is -2.46. The number of amides is 4. The number of nitrogens with zero attached hydrogens (tertiary/aromatic N) is 2. The van der Waals surface area contributed by atoms with Crippen LogP contribution in [0.4, 0.5) is 4.79 Å². The van der Waals surface area contributed by atoms with E-state index in [2.05, 4.69) is 5.32 Å². The zero-order chi connectivity index (χ0) is 25.1. The van der Waals surface area contributed by atoms with Crippen molar-refractivity contribution in [2.45, 2.75) is 36.7 Å². The minimum atomic E-state index is -3.81. The van der Waals surface area contributed by atoms with Gasteiger partial charge in [0, 0.05) is 5.02 Å². The van der Waals surface area contributed by atoms with Crippen LogP contribution in [-0.2, 0) is 19.4 Å². The Balaban J connectivity index is 1.67. The number of hydrogen-bond donors (Lipinski definition) is 2. The first-order chi connectivity index (χ1) is 15.9. The van der Waals surface area contributed by atoms with Gasteiger partial charge in [-0.25, -0.2) is 18.3 Å². The smallest absolute Gasteiger partial charge is 0.325 e. The molecule has 10 nitrogen and oxygen atoms in total. The number of hydroxylamine groups is 2. The monoisotopic (exact) mass is 509 g/mol. The number of rotatable bonds is 10. The Labute approximate surface area is 201 Å². The fourth-order valence-corrected chi connectivity index (χ4v) is 4.85. The molecule has 1 fully saturated rings.